The van der Waals surface area contributed by atoms with Crippen molar-refractivity contribution in [3.8, 4) is 6.07 Å². The number of carbonyl (C=O) groups excluding carboxylic acids is 1. The van der Waals surface area contributed by atoms with E-state index in [-0.39, 0.29) is 11.9 Å². The number of hydrogen-bond acceptors (Lipinski definition) is 3. The lowest BCUT2D eigenvalue weighted by Gasteiger charge is -2.22. The summed E-state index contributed by atoms with van der Waals surface area (Å²) in [4.78, 5) is 13.3. The molecule has 0 saturated heterocycles. The molecule has 1 N–H and O–H groups in total. The molecular weight excluding hydrogens is 190 g/mol. The molecule has 0 aliphatic carbocycles. The van der Waals surface area contributed by atoms with Gasteiger partial charge in [-0.2, -0.15) is 5.26 Å². The van der Waals surface area contributed by atoms with Crippen LogP contribution in [0.5, 0.6) is 0 Å². The molecule has 4 nitrogen and oxygen atoms in total. The van der Waals surface area contributed by atoms with E-state index < -0.39 is 0 Å². The van der Waals surface area contributed by atoms with Crippen molar-refractivity contribution in [3.63, 3.8) is 0 Å². The fourth-order valence-electron chi connectivity index (χ4n) is 1.04. The highest BCUT2D eigenvalue weighted by Crippen LogP contribution is 1.99. The van der Waals surface area contributed by atoms with Gasteiger partial charge in [0.1, 0.15) is 0 Å². The van der Waals surface area contributed by atoms with E-state index in [1.807, 2.05) is 18.9 Å². The molecular formula is C11H21N3O. The highest BCUT2D eigenvalue weighted by molar-refractivity contribution is 5.77. The Morgan fingerprint density at radius 1 is 1.47 bits per heavy atom. The van der Waals surface area contributed by atoms with Crippen molar-refractivity contribution >= 4 is 5.91 Å². The summed E-state index contributed by atoms with van der Waals surface area (Å²) >= 11 is 0. The standard InChI is InChI=1S/C11H21N3O/c1-9(2)7-13-11(15)8-14(4)10(3)5-6-12/h9-10H,5,7-8H2,1-4H3,(H,13,15). The van der Waals surface area contributed by atoms with Gasteiger partial charge in [0.05, 0.1) is 19.0 Å². The highest BCUT2D eigenvalue weighted by Gasteiger charge is 2.12. The van der Waals surface area contributed by atoms with Gasteiger partial charge >= 0.3 is 0 Å². The summed E-state index contributed by atoms with van der Waals surface area (Å²) in [5.41, 5.74) is 0. The van der Waals surface area contributed by atoms with Crippen LogP contribution in [-0.4, -0.2) is 37.0 Å². The van der Waals surface area contributed by atoms with Crippen molar-refractivity contribution in [1.29, 1.82) is 5.26 Å². The molecule has 0 heterocycles. The summed E-state index contributed by atoms with van der Waals surface area (Å²) in [6.45, 7) is 7.12. The zero-order valence-corrected chi connectivity index (χ0v) is 10.1. The molecule has 0 aromatic heterocycles. The van der Waals surface area contributed by atoms with Crippen LogP contribution in [-0.2, 0) is 4.79 Å². The average Bonchev–Trinajstić information content (AvgIpc) is 2.15. The fourth-order valence-corrected chi connectivity index (χ4v) is 1.04. The highest BCUT2D eigenvalue weighted by atomic mass is 16.2. The number of hydrogen-bond donors (Lipinski definition) is 1. The Hall–Kier alpha value is -1.08. The third-order valence-corrected chi connectivity index (χ3v) is 2.24. The predicted molar refractivity (Wildman–Crippen MR) is 60.2 cm³/mol. The Bertz CT molecular complexity index is 232. The molecule has 0 aromatic rings. The maximum Gasteiger partial charge on any atom is 0.234 e. The number of nitrogens with one attached hydrogen (secondary N) is 1. The van der Waals surface area contributed by atoms with Crippen LogP contribution in [0.4, 0.5) is 0 Å². The van der Waals surface area contributed by atoms with Crippen LogP contribution in [0.3, 0.4) is 0 Å². The molecule has 0 radical (unpaired) electrons. The largest absolute Gasteiger partial charge is 0.355 e. The summed E-state index contributed by atoms with van der Waals surface area (Å²) in [5.74, 6) is 0.492. The van der Waals surface area contributed by atoms with Crippen molar-refractivity contribution in [2.45, 2.75) is 33.2 Å². The summed E-state index contributed by atoms with van der Waals surface area (Å²) in [6, 6.07) is 2.22. The molecule has 1 atom stereocenters. The van der Waals surface area contributed by atoms with Gasteiger partial charge in [0.25, 0.3) is 0 Å². The molecule has 0 aliphatic rings. The Morgan fingerprint density at radius 3 is 2.53 bits per heavy atom. The summed E-state index contributed by atoms with van der Waals surface area (Å²) in [6.07, 6.45) is 0.452. The number of amides is 1. The lowest BCUT2D eigenvalue weighted by atomic mass is 10.2. The second kappa shape index (κ2) is 7.24. The SMILES string of the molecule is CC(C)CNC(=O)CN(C)C(C)CC#N. The van der Waals surface area contributed by atoms with Gasteiger partial charge in [0.2, 0.25) is 5.91 Å². The van der Waals surface area contributed by atoms with Gasteiger partial charge in [-0.15, -0.1) is 0 Å². The number of carbonyl (C=O) groups is 1. The molecule has 0 spiro atoms. The molecule has 0 bridgehead atoms. The Balaban J connectivity index is 3.81. The van der Waals surface area contributed by atoms with Crippen molar-refractivity contribution in [3.05, 3.63) is 0 Å². The van der Waals surface area contributed by atoms with Crippen molar-refractivity contribution in [2.75, 3.05) is 20.1 Å². The minimum absolute atomic E-state index is 0.0241. The van der Waals surface area contributed by atoms with Gasteiger partial charge in [-0.25, -0.2) is 0 Å². The van der Waals surface area contributed by atoms with Crippen LogP contribution in [0.1, 0.15) is 27.2 Å². The van der Waals surface area contributed by atoms with Gasteiger partial charge in [-0.3, -0.25) is 9.69 Å². The summed E-state index contributed by atoms with van der Waals surface area (Å²) < 4.78 is 0. The molecule has 1 unspecified atom stereocenters. The van der Waals surface area contributed by atoms with Gasteiger partial charge in [-0.1, -0.05) is 13.8 Å². The van der Waals surface area contributed by atoms with Crippen molar-refractivity contribution in [1.82, 2.24) is 10.2 Å². The van der Waals surface area contributed by atoms with Gasteiger partial charge in [0.15, 0.2) is 0 Å². The molecule has 0 saturated carbocycles. The van der Waals surface area contributed by atoms with Crippen LogP contribution >= 0.6 is 0 Å². The van der Waals surface area contributed by atoms with E-state index in [0.717, 1.165) is 0 Å². The normalized spacial score (nSPS) is 12.6. The molecule has 4 heteroatoms. The zero-order chi connectivity index (χ0) is 11.8. The number of nitrogens with zero attached hydrogens (tertiary/aromatic N) is 2. The Labute approximate surface area is 92.3 Å². The Morgan fingerprint density at radius 2 is 2.07 bits per heavy atom. The lowest BCUT2D eigenvalue weighted by molar-refractivity contribution is -0.122. The first kappa shape index (κ1) is 13.9. The third kappa shape index (κ3) is 6.92. The maximum absolute atomic E-state index is 11.4. The molecule has 15 heavy (non-hydrogen) atoms. The zero-order valence-electron chi connectivity index (χ0n) is 10.1. The number of likely N-dealkylation sites (N-methyl/N-ethyl adjacent to an activating group) is 1. The molecule has 0 aliphatic heterocycles. The van der Waals surface area contributed by atoms with E-state index in [9.17, 15) is 4.79 Å². The molecule has 1 amide bonds. The molecule has 0 rings (SSSR count). The van der Waals surface area contributed by atoms with Crippen LogP contribution in [0.15, 0.2) is 0 Å². The van der Waals surface area contributed by atoms with Gasteiger partial charge < -0.3 is 5.32 Å². The van der Waals surface area contributed by atoms with E-state index in [1.165, 1.54) is 0 Å². The monoisotopic (exact) mass is 211 g/mol. The molecule has 86 valence electrons. The summed E-state index contributed by atoms with van der Waals surface area (Å²) in [5, 5.41) is 11.4. The van der Waals surface area contributed by atoms with Crippen LogP contribution in [0, 0.1) is 17.2 Å². The first-order chi connectivity index (χ1) is 6.97. The number of rotatable bonds is 6. The van der Waals surface area contributed by atoms with Gasteiger partial charge in [-0.05, 0) is 19.9 Å². The maximum atomic E-state index is 11.4. The molecule has 0 aromatic carbocycles. The second-order valence-electron chi connectivity index (χ2n) is 4.32. The minimum atomic E-state index is 0.0241. The van der Waals surface area contributed by atoms with Crippen LogP contribution in [0.2, 0.25) is 0 Å². The smallest absolute Gasteiger partial charge is 0.234 e. The fraction of sp³-hybridized carbons (Fsp3) is 0.818. The Kier molecular flexibility index (Phi) is 6.72. The number of nitriles is 1. The third-order valence-electron chi connectivity index (χ3n) is 2.24. The first-order valence-electron chi connectivity index (χ1n) is 5.31. The van der Waals surface area contributed by atoms with E-state index in [4.69, 9.17) is 5.26 Å². The topological polar surface area (TPSA) is 56.1 Å². The van der Waals surface area contributed by atoms with Crippen LogP contribution in [0.25, 0.3) is 0 Å². The molecule has 0 fully saturated rings. The second-order valence-corrected chi connectivity index (χ2v) is 4.32. The minimum Gasteiger partial charge on any atom is -0.355 e. The lowest BCUT2D eigenvalue weighted by Crippen LogP contribution is -2.40. The van der Waals surface area contributed by atoms with E-state index in [0.29, 0.717) is 25.4 Å². The van der Waals surface area contributed by atoms with Crippen molar-refractivity contribution < 1.29 is 4.79 Å². The summed E-state index contributed by atoms with van der Waals surface area (Å²) in [7, 11) is 1.86. The average molecular weight is 211 g/mol. The van der Waals surface area contributed by atoms with E-state index in [1.54, 1.807) is 0 Å². The van der Waals surface area contributed by atoms with Crippen LogP contribution < -0.4 is 5.32 Å². The quantitative estimate of drug-likeness (QED) is 0.713. The van der Waals surface area contributed by atoms with Gasteiger partial charge in [0, 0.05) is 12.6 Å². The van der Waals surface area contributed by atoms with Crippen molar-refractivity contribution in [2.24, 2.45) is 5.92 Å². The van der Waals surface area contributed by atoms with E-state index in [2.05, 4.69) is 25.2 Å². The van der Waals surface area contributed by atoms with E-state index >= 15 is 0 Å². The predicted octanol–water partition coefficient (Wildman–Crippen LogP) is 0.993. The first-order valence-corrected chi connectivity index (χ1v) is 5.31.